The van der Waals surface area contributed by atoms with Gasteiger partial charge in [-0.05, 0) is 61.9 Å². The fourth-order valence-electron chi connectivity index (χ4n) is 4.22. The topological polar surface area (TPSA) is 15.3 Å². The zero-order valence-corrected chi connectivity index (χ0v) is 16.6. The lowest BCUT2D eigenvalue weighted by Crippen LogP contribution is -2.41. The predicted octanol–water partition coefficient (Wildman–Crippen LogP) is 5.20. The molecule has 0 radical (unpaired) electrons. The molecular formula is C21H30BrFN2. The quantitative estimate of drug-likeness (QED) is 0.666. The Bertz CT molecular complexity index is 552. The maximum atomic E-state index is 13.0. The Morgan fingerprint density at radius 3 is 2.64 bits per heavy atom. The highest BCUT2D eigenvalue weighted by atomic mass is 79.9. The molecule has 1 aliphatic carbocycles. The van der Waals surface area contributed by atoms with Crippen molar-refractivity contribution in [3.8, 4) is 0 Å². The van der Waals surface area contributed by atoms with E-state index in [9.17, 15) is 4.39 Å². The second-order valence-electron chi connectivity index (χ2n) is 7.57. The second kappa shape index (κ2) is 9.84. The highest BCUT2D eigenvalue weighted by molar-refractivity contribution is 9.11. The Hall–Kier alpha value is -0.710. The van der Waals surface area contributed by atoms with Crippen molar-refractivity contribution in [3.05, 3.63) is 40.1 Å². The Morgan fingerprint density at radius 1 is 1.12 bits per heavy atom. The fraction of sp³-hybridized carbons (Fsp3) is 0.619. The van der Waals surface area contributed by atoms with E-state index in [1.807, 2.05) is 0 Å². The average Bonchev–Trinajstić information content (AvgIpc) is 3.05. The third-order valence-electron chi connectivity index (χ3n) is 5.58. The van der Waals surface area contributed by atoms with Gasteiger partial charge < -0.3 is 5.32 Å². The fourth-order valence-corrected chi connectivity index (χ4v) is 4.68. The van der Waals surface area contributed by atoms with E-state index in [1.54, 1.807) is 12.1 Å². The van der Waals surface area contributed by atoms with Crippen molar-refractivity contribution in [2.45, 2.75) is 51.0 Å². The van der Waals surface area contributed by atoms with E-state index in [0.29, 0.717) is 6.04 Å². The third kappa shape index (κ3) is 6.19. The van der Waals surface area contributed by atoms with E-state index in [2.05, 4.69) is 32.2 Å². The van der Waals surface area contributed by atoms with Crippen molar-refractivity contribution in [2.75, 3.05) is 26.2 Å². The summed E-state index contributed by atoms with van der Waals surface area (Å²) in [6, 6.07) is 7.30. The highest BCUT2D eigenvalue weighted by Crippen LogP contribution is 2.27. The van der Waals surface area contributed by atoms with Crippen LogP contribution in [0.15, 0.2) is 28.7 Å². The normalized spacial score (nSPS) is 23.3. The molecule has 2 aliphatic rings. The lowest BCUT2D eigenvalue weighted by Gasteiger charge is -2.31. The van der Waals surface area contributed by atoms with Crippen molar-refractivity contribution in [3.63, 3.8) is 0 Å². The number of likely N-dealkylation sites (tertiary alicyclic amines) is 1. The monoisotopic (exact) mass is 408 g/mol. The molecule has 4 heteroatoms. The molecule has 0 unspecified atom stereocenters. The van der Waals surface area contributed by atoms with Gasteiger partial charge in [-0.25, -0.2) is 4.39 Å². The van der Waals surface area contributed by atoms with E-state index in [0.717, 1.165) is 29.1 Å². The van der Waals surface area contributed by atoms with E-state index in [4.69, 9.17) is 0 Å². The van der Waals surface area contributed by atoms with Crippen LogP contribution in [0.4, 0.5) is 4.39 Å². The summed E-state index contributed by atoms with van der Waals surface area (Å²) >= 11 is 3.63. The van der Waals surface area contributed by atoms with Crippen molar-refractivity contribution >= 4 is 22.0 Å². The number of rotatable bonds is 7. The first-order valence-corrected chi connectivity index (χ1v) is 10.6. The molecule has 1 saturated carbocycles. The molecule has 1 atom stereocenters. The van der Waals surface area contributed by atoms with E-state index in [1.165, 1.54) is 70.2 Å². The van der Waals surface area contributed by atoms with Gasteiger partial charge in [0.2, 0.25) is 0 Å². The first-order valence-electron chi connectivity index (χ1n) is 9.77. The van der Waals surface area contributed by atoms with Gasteiger partial charge in [-0.1, -0.05) is 47.3 Å². The van der Waals surface area contributed by atoms with Gasteiger partial charge >= 0.3 is 0 Å². The Balaban J connectivity index is 1.41. The summed E-state index contributed by atoms with van der Waals surface area (Å²) in [6.45, 7) is 4.46. The number of halogens is 2. The molecule has 1 aliphatic heterocycles. The van der Waals surface area contributed by atoms with Crippen LogP contribution in [0.3, 0.4) is 0 Å². The maximum absolute atomic E-state index is 13.0. The highest BCUT2D eigenvalue weighted by Gasteiger charge is 2.26. The number of benzene rings is 1. The van der Waals surface area contributed by atoms with Crippen molar-refractivity contribution in [1.29, 1.82) is 0 Å². The van der Waals surface area contributed by atoms with Crippen LogP contribution in [0.1, 0.15) is 50.5 Å². The SMILES string of the molecule is Fc1ccc(C=C(Br)CNC[C@@H]2CCCN2CC2CCCCC2)cc1. The molecule has 0 amide bonds. The summed E-state index contributed by atoms with van der Waals surface area (Å²) in [5.74, 6) is 0.741. The summed E-state index contributed by atoms with van der Waals surface area (Å²) in [6.07, 6.45) is 11.9. The summed E-state index contributed by atoms with van der Waals surface area (Å²) in [4.78, 5) is 2.72. The summed E-state index contributed by atoms with van der Waals surface area (Å²) in [5.41, 5.74) is 1.02. The van der Waals surface area contributed by atoms with E-state index in [-0.39, 0.29) is 5.82 Å². The minimum absolute atomic E-state index is 0.189. The molecule has 1 aromatic carbocycles. The number of nitrogens with zero attached hydrogens (tertiary/aromatic N) is 1. The van der Waals surface area contributed by atoms with Gasteiger partial charge in [-0.3, -0.25) is 4.90 Å². The van der Waals surface area contributed by atoms with Gasteiger partial charge in [0.1, 0.15) is 5.82 Å². The molecule has 1 N–H and O–H groups in total. The number of hydrogen-bond acceptors (Lipinski definition) is 2. The number of nitrogens with one attached hydrogen (secondary N) is 1. The first kappa shape index (κ1) is 19.1. The summed E-state index contributed by atoms with van der Waals surface area (Å²) in [7, 11) is 0. The molecule has 25 heavy (non-hydrogen) atoms. The van der Waals surface area contributed by atoms with Gasteiger partial charge in [-0.15, -0.1) is 0 Å². The van der Waals surface area contributed by atoms with Crippen LogP contribution in [0.2, 0.25) is 0 Å². The summed E-state index contributed by atoms with van der Waals surface area (Å²) in [5, 5.41) is 3.60. The molecule has 138 valence electrons. The zero-order chi connectivity index (χ0) is 17.5. The second-order valence-corrected chi connectivity index (χ2v) is 8.59. The van der Waals surface area contributed by atoms with Gasteiger partial charge in [-0.2, -0.15) is 0 Å². The Kier molecular flexibility index (Phi) is 7.50. The van der Waals surface area contributed by atoms with Crippen LogP contribution >= 0.6 is 15.9 Å². The minimum atomic E-state index is -0.189. The van der Waals surface area contributed by atoms with Gasteiger partial charge in [0.05, 0.1) is 0 Å². The molecule has 2 fully saturated rings. The minimum Gasteiger partial charge on any atom is -0.311 e. The van der Waals surface area contributed by atoms with Gasteiger partial charge in [0.15, 0.2) is 0 Å². The molecule has 3 rings (SSSR count). The van der Waals surface area contributed by atoms with Crippen LogP contribution in [0.25, 0.3) is 6.08 Å². The van der Waals surface area contributed by atoms with Crippen LogP contribution < -0.4 is 5.32 Å². The lowest BCUT2D eigenvalue weighted by molar-refractivity contribution is 0.185. The molecule has 2 nitrogen and oxygen atoms in total. The van der Waals surface area contributed by atoms with Crippen LogP contribution in [0, 0.1) is 11.7 Å². The van der Waals surface area contributed by atoms with Crippen molar-refractivity contribution in [2.24, 2.45) is 5.92 Å². The van der Waals surface area contributed by atoms with Crippen LogP contribution in [-0.4, -0.2) is 37.1 Å². The summed E-state index contributed by atoms with van der Waals surface area (Å²) < 4.78 is 14.1. The molecule has 0 spiro atoms. The molecular weight excluding hydrogens is 379 g/mol. The van der Waals surface area contributed by atoms with Gasteiger partial charge in [0, 0.05) is 30.2 Å². The molecule has 0 bridgehead atoms. The maximum Gasteiger partial charge on any atom is 0.123 e. The molecule has 1 heterocycles. The Labute approximate surface area is 160 Å². The molecule has 1 saturated heterocycles. The predicted molar refractivity (Wildman–Crippen MR) is 107 cm³/mol. The third-order valence-corrected chi connectivity index (χ3v) is 6.09. The zero-order valence-electron chi connectivity index (χ0n) is 15.0. The largest absolute Gasteiger partial charge is 0.311 e. The first-order chi connectivity index (χ1) is 12.2. The molecule has 1 aromatic rings. The standard InChI is InChI=1S/C21H30BrFN2/c22-19(13-17-8-10-20(23)11-9-17)14-24-15-21-7-4-12-25(21)16-18-5-2-1-3-6-18/h8-11,13,18,21,24H,1-7,12,14-16H2/t21-/m0/s1. The van der Waals surface area contributed by atoms with Gasteiger partial charge in [0.25, 0.3) is 0 Å². The van der Waals surface area contributed by atoms with Crippen LogP contribution in [0.5, 0.6) is 0 Å². The van der Waals surface area contributed by atoms with Crippen LogP contribution in [-0.2, 0) is 0 Å². The Morgan fingerprint density at radius 2 is 1.88 bits per heavy atom. The number of hydrogen-bond donors (Lipinski definition) is 1. The van der Waals surface area contributed by atoms with E-state index >= 15 is 0 Å². The van der Waals surface area contributed by atoms with Crippen molar-refractivity contribution < 1.29 is 4.39 Å². The lowest BCUT2D eigenvalue weighted by atomic mass is 9.89. The van der Waals surface area contributed by atoms with Crippen molar-refractivity contribution in [1.82, 2.24) is 10.2 Å². The average molecular weight is 409 g/mol. The smallest absolute Gasteiger partial charge is 0.123 e. The van der Waals surface area contributed by atoms with E-state index < -0.39 is 0 Å². The molecule has 0 aromatic heterocycles.